The number of nitrogens with zero attached hydrogens (tertiary/aromatic N) is 2. The fraction of sp³-hybridized carbons (Fsp3) is 0.467. The van der Waals surface area contributed by atoms with Gasteiger partial charge >= 0.3 is 187 Å². The van der Waals surface area contributed by atoms with Crippen molar-refractivity contribution in [2.24, 2.45) is 0 Å². The van der Waals surface area contributed by atoms with E-state index < -0.39 is 6.48 Å². The van der Waals surface area contributed by atoms with E-state index in [0.29, 0.717) is 0 Å². The SMILES string of the molecule is CC(C)Oc1ccccc1[CH]=[Ru]=[C]1N(C)CCN1C.[Cl][Ru]([Cl])([Cl])([Cl])([Cl])[Cl]. The molecule has 0 radical (unpaired) electrons. The van der Waals surface area contributed by atoms with Crippen LogP contribution in [-0.4, -0.2) is 52.1 Å². The van der Waals surface area contributed by atoms with Gasteiger partial charge in [-0.3, -0.25) is 0 Å². The third-order valence-electron chi connectivity index (χ3n) is 2.92. The topological polar surface area (TPSA) is 15.7 Å². The monoisotopic (exact) mass is 660 g/mol. The fourth-order valence-electron chi connectivity index (χ4n) is 1.95. The molecule has 26 heavy (non-hydrogen) atoms. The molecular formula is C15H22Cl6N2ORu2. The number of hydrogen-bond donors (Lipinski definition) is 0. The van der Waals surface area contributed by atoms with Crippen LogP contribution in [-0.2, 0) is 22.7 Å². The Morgan fingerprint density at radius 3 is 1.92 bits per heavy atom. The first kappa shape index (κ1) is 25.7. The van der Waals surface area contributed by atoms with E-state index in [0.717, 1.165) is 18.8 Å². The summed E-state index contributed by atoms with van der Waals surface area (Å²) in [5.74, 6) is 0.996. The maximum absolute atomic E-state index is 5.86. The van der Waals surface area contributed by atoms with Gasteiger partial charge in [-0.2, -0.15) is 0 Å². The number of rotatable bonds is 3. The van der Waals surface area contributed by atoms with Crippen molar-refractivity contribution in [3.05, 3.63) is 29.8 Å². The van der Waals surface area contributed by atoms with E-state index in [1.807, 2.05) is 6.07 Å². The van der Waals surface area contributed by atoms with Crippen LogP contribution < -0.4 is 4.74 Å². The van der Waals surface area contributed by atoms with Crippen LogP contribution in [0.25, 0.3) is 0 Å². The average molecular weight is 661 g/mol. The number of benzene rings is 1. The number of ether oxygens (including phenoxy) is 1. The van der Waals surface area contributed by atoms with Crippen LogP contribution in [0.2, 0.25) is 0 Å². The van der Waals surface area contributed by atoms with Gasteiger partial charge in [0.05, 0.1) is 0 Å². The third-order valence-corrected chi connectivity index (χ3v) is 5.48. The Labute approximate surface area is 185 Å². The summed E-state index contributed by atoms with van der Waals surface area (Å²) in [5, 5.41) is 0. The summed E-state index contributed by atoms with van der Waals surface area (Å²) in [5.41, 5.74) is 1.22. The Hall–Kier alpha value is 1.67. The first-order chi connectivity index (χ1) is 11.5. The average Bonchev–Trinajstić information content (AvgIpc) is 2.73. The minimum atomic E-state index is -5.22. The number of hydrogen-bond acceptors (Lipinski definition) is 3. The Balaban J connectivity index is 0.000000412. The predicted molar refractivity (Wildman–Crippen MR) is 113 cm³/mol. The second-order valence-corrected chi connectivity index (χ2v) is 47.1. The van der Waals surface area contributed by atoms with E-state index in [4.69, 9.17) is 62.9 Å². The van der Waals surface area contributed by atoms with Crippen molar-refractivity contribution >= 4 is 67.1 Å². The molecule has 0 amide bonds. The third kappa shape index (κ3) is 13.0. The standard InChI is InChI=1S/C10H12O.C5H10N2.6ClH.2Ru/c1-8(2)11-10-7-5-4-6-9(10)3;1-6-3-4-7(2)5-6;;;;;;;;/h3-8H,1-2H3;3-4H2,1-2H3;6*1H;;/q;;;;;;;;;+6/p-6. The van der Waals surface area contributed by atoms with Crippen molar-refractivity contribution in [3.8, 4) is 5.75 Å². The molecule has 0 spiro atoms. The molecule has 1 heterocycles. The number of para-hydroxylation sites is 1. The van der Waals surface area contributed by atoms with Crippen LogP contribution in [0.5, 0.6) is 5.75 Å². The van der Waals surface area contributed by atoms with E-state index >= 15 is 0 Å². The Bertz CT molecular complexity index is 676. The molecule has 0 aliphatic carbocycles. The molecule has 1 saturated heterocycles. The van der Waals surface area contributed by atoms with Crippen LogP contribution >= 0.6 is 58.1 Å². The van der Waals surface area contributed by atoms with Gasteiger partial charge in [0.2, 0.25) is 0 Å². The van der Waals surface area contributed by atoms with Gasteiger partial charge in [0.1, 0.15) is 0 Å². The normalized spacial score (nSPS) is 18.8. The molecule has 1 fully saturated rings. The first-order valence-electron chi connectivity index (χ1n) is 7.37. The summed E-state index contributed by atoms with van der Waals surface area (Å²) in [7, 11) is 34.6. The van der Waals surface area contributed by atoms with Crippen molar-refractivity contribution in [1.82, 2.24) is 9.80 Å². The van der Waals surface area contributed by atoms with Crippen LogP contribution in [0.4, 0.5) is 0 Å². The van der Waals surface area contributed by atoms with E-state index in [2.05, 4.69) is 60.6 Å². The molecular weight excluding hydrogens is 639 g/mol. The zero-order chi connectivity index (χ0) is 20.2. The van der Waals surface area contributed by atoms with Crippen molar-refractivity contribution in [1.29, 1.82) is 0 Å². The fourth-order valence-corrected chi connectivity index (χ4v) is 4.02. The van der Waals surface area contributed by atoms with Gasteiger partial charge in [-0.1, -0.05) is 0 Å². The Kier molecular flexibility index (Phi) is 9.11. The Morgan fingerprint density at radius 1 is 1.00 bits per heavy atom. The second-order valence-electron chi connectivity index (χ2n) is 5.77. The van der Waals surface area contributed by atoms with Gasteiger partial charge < -0.3 is 0 Å². The van der Waals surface area contributed by atoms with Crippen molar-refractivity contribution in [2.75, 3.05) is 27.2 Å². The summed E-state index contributed by atoms with van der Waals surface area (Å²) in [6, 6.07) is 8.30. The first-order valence-corrected chi connectivity index (χ1v) is 22.7. The number of likely N-dealkylation sites (N-methyl/N-ethyl adjacent to an activating group) is 2. The van der Waals surface area contributed by atoms with Gasteiger partial charge in [-0.05, 0) is 0 Å². The zero-order valence-electron chi connectivity index (χ0n) is 14.7. The van der Waals surface area contributed by atoms with Crippen molar-refractivity contribution in [3.63, 3.8) is 0 Å². The molecule has 1 aliphatic rings. The van der Waals surface area contributed by atoms with E-state index in [1.165, 1.54) is 9.92 Å². The van der Waals surface area contributed by atoms with Gasteiger partial charge in [0, 0.05) is 0 Å². The summed E-state index contributed by atoms with van der Waals surface area (Å²) in [6.45, 7) is 1.19. The summed E-state index contributed by atoms with van der Waals surface area (Å²) in [6.07, 6.45) is 0.217. The summed E-state index contributed by atoms with van der Waals surface area (Å²) < 4.78 is 9.67. The van der Waals surface area contributed by atoms with Gasteiger partial charge in [0.25, 0.3) is 0 Å². The van der Waals surface area contributed by atoms with Gasteiger partial charge in [-0.15, -0.1) is 0 Å². The predicted octanol–water partition coefficient (Wildman–Crippen LogP) is 5.81. The van der Waals surface area contributed by atoms with Gasteiger partial charge in [-0.25, -0.2) is 0 Å². The van der Waals surface area contributed by atoms with E-state index in [-0.39, 0.29) is 22.3 Å². The molecule has 11 heteroatoms. The molecule has 2 rings (SSSR count). The van der Waals surface area contributed by atoms with Crippen molar-refractivity contribution in [2.45, 2.75) is 20.0 Å². The molecule has 0 saturated carbocycles. The molecule has 1 aliphatic heterocycles. The maximum atomic E-state index is 5.86. The molecule has 3 nitrogen and oxygen atoms in total. The minimum absolute atomic E-state index is 0.0770. The summed E-state index contributed by atoms with van der Waals surface area (Å²) >= 11 is 0.0770. The quantitative estimate of drug-likeness (QED) is 0.381. The van der Waals surface area contributed by atoms with Crippen LogP contribution in [0.1, 0.15) is 19.4 Å². The van der Waals surface area contributed by atoms with Crippen molar-refractivity contribution < 1.29 is 27.4 Å². The van der Waals surface area contributed by atoms with E-state index in [1.54, 1.807) is 0 Å². The summed E-state index contributed by atoms with van der Waals surface area (Å²) in [4.78, 5) is 4.72. The molecule has 0 unspecified atom stereocenters. The molecule has 0 aromatic heterocycles. The second kappa shape index (κ2) is 9.21. The Morgan fingerprint density at radius 2 is 1.46 bits per heavy atom. The molecule has 156 valence electrons. The molecule has 1 aromatic carbocycles. The molecule has 0 N–H and O–H groups in total. The van der Waals surface area contributed by atoms with Gasteiger partial charge in [0.15, 0.2) is 0 Å². The number of halogens is 6. The van der Waals surface area contributed by atoms with E-state index in [9.17, 15) is 0 Å². The molecule has 1 aromatic rings. The molecule has 0 atom stereocenters. The zero-order valence-corrected chi connectivity index (χ0v) is 22.7. The van der Waals surface area contributed by atoms with Crippen LogP contribution in [0.15, 0.2) is 24.3 Å². The van der Waals surface area contributed by atoms with Crippen LogP contribution in [0, 0.1) is 0 Å². The van der Waals surface area contributed by atoms with Crippen LogP contribution in [0.3, 0.4) is 0 Å². The molecule has 0 bridgehead atoms.